The van der Waals surface area contributed by atoms with Crippen molar-refractivity contribution in [3.8, 4) is 5.75 Å². The van der Waals surface area contributed by atoms with Gasteiger partial charge < -0.3 is 9.84 Å². The molecule has 3 N–H and O–H groups in total. The van der Waals surface area contributed by atoms with E-state index in [2.05, 4.69) is 9.20 Å². The van der Waals surface area contributed by atoms with Crippen molar-refractivity contribution < 1.29 is 55.1 Å². The first-order valence-corrected chi connectivity index (χ1v) is 9.25. The number of hydrogen-bond acceptors (Lipinski definition) is 5. The van der Waals surface area contributed by atoms with Crippen LogP contribution < -0.4 is 9.84 Å². The van der Waals surface area contributed by atoms with Gasteiger partial charge in [0.1, 0.15) is 5.75 Å². The third-order valence-electron chi connectivity index (χ3n) is 3.35. The van der Waals surface area contributed by atoms with Gasteiger partial charge >= 0.3 is 20.2 Å². The van der Waals surface area contributed by atoms with E-state index in [4.69, 9.17) is 21.8 Å². The number of carbonyl (C=O) groups excluding carboxylic acids is 1. The van der Waals surface area contributed by atoms with E-state index in [1.807, 2.05) is 0 Å². The number of amides is 1. The van der Waals surface area contributed by atoms with Gasteiger partial charge in [0, 0.05) is 10.7 Å². The van der Waals surface area contributed by atoms with Crippen LogP contribution in [0.5, 0.6) is 5.75 Å². The fourth-order valence-corrected chi connectivity index (χ4v) is 2.74. The highest BCUT2D eigenvalue weighted by molar-refractivity contribution is 7.47. The molecule has 2 rings (SSSR count). The standard InChI is InChI=1S/C15H9ClF6NO6P/c16-9-1-2-12(28-30(26,27)29-25)11(6-9)13(24)23-10-4-7(14(17,18)19)3-8(5-10)15(20,21)22/h1-6,25H,(H,23,24)(H,26,27). The van der Waals surface area contributed by atoms with Gasteiger partial charge in [0.25, 0.3) is 5.91 Å². The minimum Gasteiger partial charge on any atom is -0.402 e. The highest BCUT2D eigenvalue weighted by Gasteiger charge is 2.37. The lowest BCUT2D eigenvalue weighted by Gasteiger charge is -2.16. The molecule has 1 atom stereocenters. The van der Waals surface area contributed by atoms with Crippen LogP contribution in [0.1, 0.15) is 21.5 Å². The van der Waals surface area contributed by atoms with Gasteiger partial charge in [0.2, 0.25) is 0 Å². The quantitative estimate of drug-likeness (QED) is 0.223. The number of phosphoric ester groups is 1. The molecule has 15 heteroatoms. The summed E-state index contributed by atoms with van der Waals surface area (Å²) in [6.07, 6.45) is -10.3. The summed E-state index contributed by atoms with van der Waals surface area (Å²) >= 11 is 5.69. The Morgan fingerprint density at radius 3 is 2.00 bits per heavy atom. The van der Waals surface area contributed by atoms with Crippen molar-refractivity contribution in [2.24, 2.45) is 0 Å². The summed E-state index contributed by atoms with van der Waals surface area (Å²) in [5, 5.41) is 9.98. The number of anilines is 1. The second-order valence-electron chi connectivity index (χ2n) is 5.53. The maximum absolute atomic E-state index is 12.9. The summed E-state index contributed by atoms with van der Waals surface area (Å²) < 4.78 is 96.5. The molecule has 0 bridgehead atoms. The number of carbonyl (C=O) groups is 1. The lowest BCUT2D eigenvalue weighted by atomic mass is 10.1. The minimum absolute atomic E-state index is 0.134. The molecule has 0 radical (unpaired) electrons. The van der Waals surface area contributed by atoms with Gasteiger partial charge in [-0.1, -0.05) is 11.6 Å². The van der Waals surface area contributed by atoms with Crippen LogP contribution in [0.4, 0.5) is 32.0 Å². The van der Waals surface area contributed by atoms with E-state index < -0.39 is 54.2 Å². The summed E-state index contributed by atoms with van der Waals surface area (Å²) in [6.45, 7) is 0. The first-order valence-electron chi connectivity index (χ1n) is 7.38. The number of nitrogens with one attached hydrogen (secondary N) is 1. The minimum atomic E-state index is -5.15. The monoisotopic (exact) mass is 479 g/mol. The van der Waals surface area contributed by atoms with Gasteiger partial charge in [-0.05, 0) is 36.4 Å². The summed E-state index contributed by atoms with van der Waals surface area (Å²) in [7, 11) is -5.08. The third kappa shape index (κ3) is 6.09. The summed E-state index contributed by atoms with van der Waals surface area (Å²) in [5.74, 6) is -2.04. The van der Waals surface area contributed by atoms with Gasteiger partial charge in [-0.2, -0.15) is 26.3 Å². The van der Waals surface area contributed by atoms with E-state index in [-0.39, 0.29) is 23.2 Å². The van der Waals surface area contributed by atoms with Crippen LogP contribution in [0, 0.1) is 0 Å². The van der Waals surface area contributed by atoms with E-state index in [9.17, 15) is 35.7 Å². The Labute approximate surface area is 168 Å². The van der Waals surface area contributed by atoms with Gasteiger partial charge in [-0.25, -0.2) is 9.82 Å². The Kier molecular flexibility index (Phi) is 6.74. The smallest absolute Gasteiger partial charge is 0.402 e. The van der Waals surface area contributed by atoms with Crippen molar-refractivity contribution >= 4 is 31.0 Å². The third-order valence-corrected chi connectivity index (χ3v) is 4.22. The van der Waals surface area contributed by atoms with Crippen LogP contribution in [0.2, 0.25) is 5.02 Å². The van der Waals surface area contributed by atoms with Crippen molar-refractivity contribution in [2.75, 3.05) is 5.32 Å². The molecule has 0 aliphatic carbocycles. The second-order valence-corrected chi connectivity index (χ2v) is 7.25. The van der Waals surface area contributed by atoms with Crippen LogP contribution in [0.15, 0.2) is 36.4 Å². The average molecular weight is 480 g/mol. The highest BCUT2D eigenvalue weighted by Crippen LogP contribution is 2.44. The average Bonchev–Trinajstić information content (AvgIpc) is 2.61. The number of benzene rings is 2. The topological polar surface area (TPSA) is 105 Å². The zero-order valence-corrected chi connectivity index (χ0v) is 15.7. The Morgan fingerprint density at radius 1 is 1.00 bits per heavy atom. The molecule has 30 heavy (non-hydrogen) atoms. The van der Waals surface area contributed by atoms with Crippen LogP contribution in [0.3, 0.4) is 0 Å². The van der Waals surface area contributed by atoms with E-state index in [1.54, 1.807) is 5.32 Å². The number of hydrogen-bond donors (Lipinski definition) is 3. The van der Waals surface area contributed by atoms with Crippen molar-refractivity contribution in [3.05, 3.63) is 58.1 Å². The molecule has 2 aromatic carbocycles. The molecule has 0 spiro atoms. The van der Waals surface area contributed by atoms with Crippen LogP contribution >= 0.6 is 19.4 Å². The number of halogens is 7. The molecule has 0 aliphatic rings. The van der Waals surface area contributed by atoms with Gasteiger partial charge in [-0.3, -0.25) is 9.69 Å². The molecule has 0 fully saturated rings. The van der Waals surface area contributed by atoms with Crippen LogP contribution in [0.25, 0.3) is 0 Å². The molecule has 0 aromatic heterocycles. The van der Waals surface area contributed by atoms with E-state index >= 15 is 0 Å². The summed E-state index contributed by atoms with van der Waals surface area (Å²) in [4.78, 5) is 21.5. The maximum Gasteiger partial charge on any atom is 0.555 e. The van der Waals surface area contributed by atoms with E-state index in [1.165, 1.54) is 0 Å². The normalized spacial score (nSPS) is 14.2. The Morgan fingerprint density at radius 2 is 1.53 bits per heavy atom. The van der Waals surface area contributed by atoms with Gasteiger partial charge in [0.15, 0.2) is 0 Å². The molecule has 164 valence electrons. The molecule has 0 aliphatic heterocycles. The number of rotatable bonds is 5. The SMILES string of the molecule is O=C(Nc1cc(C(F)(F)F)cc(C(F)(F)F)c1)c1cc(Cl)ccc1OP(=O)(O)OO. The predicted octanol–water partition coefficient (Wildman–Crippen LogP) is 5.60. The fourth-order valence-electron chi connectivity index (χ4n) is 2.13. The fraction of sp³-hybridized carbons (Fsp3) is 0.133. The van der Waals surface area contributed by atoms with E-state index in [0.717, 1.165) is 18.2 Å². The number of alkyl halides is 6. The Bertz CT molecular complexity index is 980. The molecule has 2 aromatic rings. The van der Waals surface area contributed by atoms with Crippen molar-refractivity contribution in [3.63, 3.8) is 0 Å². The second kappa shape index (κ2) is 8.44. The Balaban J connectivity index is 2.48. The van der Waals surface area contributed by atoms with Gasteiger partial charge in [0.05, 0.1) is 16.7 Å². The molecule has 1 amide bonds. The molecule has 7 nitrogen and oxygen atoms in total. The van der Waals surface area contributed by atoms with Gasteiger partial charge in [-0.15, -0.1) is 4.67 Å². The Hall–Kier alpha value is -2.31. The lowest BCUT2D eigenvalue weighted by molar-refractivity contribution is -0.156. The zero-order valence-electron chi connectivity index (χ0n) is 14.1. The predicted molar refractivity (Wildman–Crippen MR) is 90.0 cm³/mol. The van der Waals surface area contributed by atoms with E-state index in [0.29, 0.717) is 0 Å². The number of phosphoric acid groups is 1. The first-order chi connectivity index (χ1) is 13.6. The van der Waals surface area contributed by atoms with Crippen LogP contribution in [-0.2, 0) is 21.6 Å². The molecular formula is C15H9ClF6NO6P. The van der Waals surface area contributed by atoms with Crippen molar-refractivity contribution in [2.45, 2.75) is 12.4 Å². The first kappa shape index (κ1) is 24.0. The zero-order chi connectivity index (χ0) is 22.9. The molecule has 1 unspecified atom stereocenters. The largest absolute Gasteiger partial charge is 0.555 e. The summed E-state index contributed by atoms with van der Waals surface area (Å²) in [5.41, 5.74) is -4.88. The van der Waals surface area contributed by atoms with Crippen molar-refractivity contribution in [1.82, 2.24) is 0 Å². The maximum atomic E-state index is 12.9. The molecular weight excluding hydrogens is 471 g/mol. The molecule has 0 heterocycles. The van der Waals surface area contributed by atoms with Crippen molar-refractivity contribution in [1.29, 1.82) is 0 Å². The summed E-state index contributed by atoms with van der Waals surface area (Å²) in [6, 6.07) is 3.19. The lowest BCUT2D eigenvalue weighted by Crippen LogP contribution is -2.16. The molecule has 0 saturated heterocycles. The van der Waals surface area contributed by atoms with Crippen LogP contribution in [-0.4, -0.2) is 16.1 Å². The highest BCUT2D eigenvalue weighted by atomic mass is 35.5. The molecule has 0 saturated carbocycles.